The van der Waals surface area contributed by atoms with Crippen molar-refractivity contribution in [2.45, 2.75) is 13.5 Å². The molecule has 0 radical (unpaired) electrons. The Bertz CT molecular complexity index is 1110. The average molecular weight is 432 g/mol. The van der Waals surface area contributed by atoms with E-state index >= 15 is 0 Å². The summed E-state index contributed by atoms with van der Waals surface area (Å²) in [6, 6.07) is 10.0. The third kappa shape index (κ3) is 4.83. The fourth-order valence-corrected chi connectivity index (χ4v) is 3.09. The first-order chi connectivity index (χ1) is 14.4. The van der Waals surface area contributed by atoms with Crippen molar-refractivity contribution in [2.75, 3.05) is 27.4 Å². The standard InChI is InChI=1S/C21H22ClN3O5/c1-13-24-17-11-19(29-3)18(28-2)10-16(17)21(27)25(13)9-8-23-20(26)12-30-15-6-4-14(22)5-7-15/h4-7,10-11H,8-9,12H2,1-3H3,(H,23,26). The highest BCUT2D eigenvalue weighted by Crippen LogP contribution is 2.30. The lowest BCUT2D eigenvalue weighted by atomic mass is 10.2. The molecule has 0 bridgehead atoms. The fourth-order valence-electron chi connectivity index (χ4n) is 2.96. The Balaban J connectivity index is 1.66. The van der Waals surface area contributed by atoms with E-state index in [1.54, 1.807) is 43.3 Å². The molecule has 0 fully saturated rings. The second kappa shape index (κ2) is 9.49. The molecule has 9 heteroatoms. The number of fused-ring (bicyclic) bond motifs is 1. The van der Waals surface area contributed by atoms with Crippen molar-refractivity contribution in [1.29, 1.82) is 0 Å². The summed E-state index contributed by atoms with van der Waals surface area (Å²) in [6.07, 6.45) is 0. The van der Waals surface area contributed by atoms with Crippen LogP contribution in [-0.2, 0) is 11.3 Å². The fraction of sp³-hybridized carbons (Fsp3) is 0.286. The number of ether oxygens (including phenoxy) is 3. The molecule has 1 aromatic heterocycles. The Morgan fingerprint density at radius 3 is 2.47 bits per heavy atom. The van der Waals surface area contributed by atoms with Gasteiger partial charge in [0.2, 0.25) is 0 Å². The quantitative estimate of drug-likeness (QED) is 0.589. The summed E-state index contributed by atoms with van der Waals surface area (Å²) < 4.78 is 17.4. The van der Waals surface area contributed by atoms with Crippen molar-refractivity contribution in [3.8, 4) is 17.2 Å². The van der Waals surface area contributed by atoms with Gasteiger partial charge in [-0.05, 0) is 37.3 Å². The molecule has 0 aliphatic rings. The van der Waals surface area contributed by atoms with Gasteiger partial charge in [0.1, 0.15) is 11.6 Å². The van der Waals surface area contributed by atoms with E-state index in [0.29, 0.717) is 39.0 Å². The maximum Gasteiger partial charge on any atom is 0.261 e. The van der Waals surface area contributed by atoms with E-state index in [4.69, 9.17) is 25.8 Å². The van der Waals surface area contributed by atoms with E-state index in [1.807, 2.05) is 0 Å². The number of nitrogens with zero attached hydrogens (tertiary/aromatic N) is 2. The van der Waals surface area contributed by atoms with Gasteiger partial charge in [-0.3, -0.25) is 14.2 Å². The number of hydrogen-bond acceptors (Lipinski definition) is 6. The number of benzene rings is 2. The van der Waals surface area contributed by atoms with Crippen LogP contribution in [0.3, 0.4) is 0 Å². The highest BCUT2D eigenvalue weighted by Gasteiger charge is 2.13. The number of nitrogens with one attached hydrogen (secondary N) is 1. The number of carbonyl (C=O) groups is 1. The van der Waals surface area contributed by atoms with Crippen LogP contribution in [0.15, 0.2) is 41.2 Å². The summed E-state index contributed by atoms with van der Waals surface area (Å²) in [6.45, 7) is 2.13. The zero-order valence-electron chi connectivity index (χ0n) is 16.9. The molecule has 8 nitrogen and oxygen atoms in total. The summed E-state index contributed by atoms with van der Waals surface area (Å²) in [5.74, 6) is 1.74. The normalized spacial score (nSPS) is 10.7. The summed E-state index contributed by atoms with van der Waals surface area (Å²) in [7, 11) is 3.03. The first kappa shape index (κ1) is 21.4. The molecule has 0 aliphatic heterocycles. The minimum absolute atomic E-state index is 0.136. The third-order valence-electron chi connectivity index (χ3n) is 4.49. The van der Waals surface area contributed by atoms with Gasteiger partial charge in [-0.15, -0.1) is 0 Å². The summed E-state index contributed by atoms with van der Waals surface area (Å²) in [5.41, 5.74) is 0.303. The molecule has 0 aliphatic carbocycles. The molecule has 0 saturated heterocycles. The zero-order valence-corrected chi connectivity index (χ0v) is 17.7. The number of aryl methyl sites for hydroxylation is 1. The van der Waals surface area contributed by atoms with E-state index in [1.165, 1.54) is 18.8 Å². The molecule has 0 spiro atoms. The number of aromatic nitrogens is 2. The second-order valence-corrected chi connectivity index (χ2v) is 6.87. The Kier molecular flexibility index (Phi) is 6.79. The zero-order chi connectivity index (χ0) is 21.7. The number of amides is 1. The Hall–Kier alpha value is -3.26. The second-order valence-electron chi connectivity index (χ2n) is 6.43. The number of hydrogen-bond donors (Lipinski definition) is 1. The van der Waals surface area contributed by atoms with Crippen LogP contribution in [0.2, 0.25) is 5.02 Å². The lowest BCUT2D eigenvalue weighted by Crippen LogP contribution is -2.34. The van der Waals surface area contributed by atoms with Crippen LogP contribution in [0.4, 0.5) is 0 Å². The van der Waals surface area contributed by atoms with Gasteiger partial charge in [-0.25, -0.2) is 4.98 Å². The maximum absolute atomic E-state index is 12.9. The van der Waals surface area contributed by atoms with E-state index in [9.17, 15) is 9.59 Å². The summed E-state index contributed by atoms with van der Waals surface area (Å²) in [4.78, 5) is 29.4. The van der Waals surface area contributed by atoms with Gasteiger partial charge in [0.15, 0.2) is 18.1 Å². The predicted molar refractivity (Wildman–Crippen MR) is 114 cm³/mol. The van der Waals surface area contributed by atoms with Crippen LogP contribution in [0.5, 0.6) is 17.2 Å². The molecule has 2 aromatic carbocycles. The van der Waals surface area contributed by atoms with Crippen LogP contribution >= 0.6 is 11.6 Å². The minimum atomic E-state index is -0.296. The van der Waals surface area contributed by atoms with E-state index < -0.39 is 0 Å². The van der Waals surface area contributed by atoms with Crippen LogP contribution in [-0.4, -0.2) is 42.8 Å². The van der Waals surface area contributed by atoms with Gasteiger partial charge >= 0.3 is 0 Å². The predicted octanol–water partition coefficient (Wildman–Crippen LogP) is 2.57. The Labute approximate surface area is 178 Å². The highest BCUT2D eigenvalue weighted by molar-refractivity contribution is 6.30. The van der Waals surface area contributed by atoms with Crippen molar-refractivity contribution >= 4 is 28.4 Å². The average Bonchev–Trinajstić information content (AvgIpc) is 2.74. The molecular formula is C21H22ClN3O5. The molecule has 158 valence electrons. The van der Waals surface area contributed by atoms with Crippen LogP contribution in [0.1, 0.15) is 5.82 Å². The highest BCUT2D eigenvalue weighted by atomic mass is 35.5. The van der Waals surface area contributed by atoms with Crippen molar-refractivity contribution in [2.24, 2.45) is 0 Å². The Morgan fingerprint density at radius 2 is 1.80 bits per heavy atom. The maximum atomic E-state index is 12.9. The van der Waals surface area contributed by atoms with Crippen LogP contribution < -0.4 is 25.1 Å². The topological polar surface area (TPSA) is 91.7 Å². The largest absolute Gasteiger partial charge is 0.493 e. The smallest absolute Gasteiger partial charge is 0.261 e. The molecule has 3 rings (SSSR count). The molecule has 0 atom stereocenters. The number of carbonyl (C=O) groups excluding carboxylic acids is 1. The molecule has 1 amide bonds. The lowest BCUT2D eigenvalue weighted by Gasteiger charge is -2.13. The van der Waals surface area contributed by atoms with Crippen LogP contribution in [0.25, 0.3) is 10.9 Å². The van der Waals surface area contributed by atoms with Crippen molar-refractivity contribution in [3.63, 3.8) is 0 Å². The van der Waals surface area contributed by atoms with Crippen molar-refractivity contribution in [3.05, 3.63) is 57.6 Å². The van der Waals surface area contributed by atoms with E-state index in [2.05, 4.69) is 10.3 Å². The van der Waals surface area contributed by atoms with Gasteiger partial charge < -0.3 is 19.5 Å². The first-order valence-electron chi connectivity index (χ1n) is 9.21. The molecule has 1 heterocycles. The lowest BCUT2D eigenvalue weighted by molar-refractivity contribution is -0.123. The van der Waals surface area contributed by atoms with Gasteiger partial charge in [0, 0.05) is 24.2 Å². The SMILES string of the molecule is COc1cc2nc(C)n(CCNC(=O)COc3ccc(Cl)cc3)c(=O)c2cc1OC. The molecule has 0 saturated carbocycles. The third-order valence-corrected chi connectivity index (χ3v) is 4.74. The monoisotopic (exact) mass is 431 g/mol. The minimum Gasteiger partial charge on any atom is -0.493 e. The van der Waals surface area contributed by atoms with Gasteiger partial charge in [-0.1, -0.05) is 11.6 Å². The molecule has 0 unspecified atom stereocenters. The van der Waals surface area contributed by atoms with E-state index in [0.717, 1.165) is 0 Å². The summed E-state index contributed by atoms with van der Waals surface area (Å²) in [5, 5.41) is 3.74. The van der Waals surface area contributed by atoms with Gasteiger partial charge in [0.25, 0.3) is 11.5 Å². The van der Waals surface area contributed by atoms with Gasteiger partial charge in [0.05, 0.1) is 25.1 Å². The van der Waals surface area contributed by atoms with Gasteiger partial charge in [-0.2, -0.15) is 0 Å². The van der Waals surface area contributed by atoms with Crippen molar-refractivity contribution < 1.29 is 19.0 Å². The molecule has 1 N–H and O–H groups in total. The first-order valence-corrected chi connectivity index (χ1v) is 9.59. The Morgan fingerprint density at radius 1 is 1.13 bits per heavy atom. The van der Waals surface area contributed by atoms with Crippen LogP contribution in [0, 0.1) is 6.92 Å². The number of rotatable bonds is 8. The molecule has 30 heavy (non-hydrogen) atoms. The van der Waals surface area contributed by atoms with Crippen molar-refractivity contribution in [1.82, 2.24) is 14.9 Å². The number of halogens is 1. The molecule has 3 aromatic rings. The number of methoxy groups -OCH3 is 2. The molecular weight excluding hydrogens is 410 g/mol. The summed E-state index contributed by atoms with van der Waals surface area (Å²) >= 11 is 5.81. The van der Waals surface area contributed by atoms with E-state index in [-0.39, 0.29) is 31.2 Å².